The Morgan fingerprint density at radius 1 is 1.35 bits per heavy atom. The first-order valence-electron chi connectivity index (χ1n) is 8.03. The summed E-state index contributed by atoms with van der Waals surface area (Å²) in [6.45, 7) is 7.52. The lowest BCUT2D eigenvalue weighted by molar-refractivity contribution is 0.207. The SMILES string of the molecule is CCN(CC)c1ccc(NC(=O)N2CCc3sccc3C2)cn1. The van der Waals surface area contributed by atoms with E-state index in [1.165, 1.54) is 10.4 Å². The van der Waals surface area contributed by atoms with Crippen molar-refractivity contribution in [1.82, 2.24) is 9.88 Å². The van der Waals surface area contributed by atoms with Crippen molar-refractivity contribution < 1.29 is 4.79 Å². The van der Waals surface area contributed by atoms with E-state index in [1.807, 2.05) is 17.0 Å². The fourth-order valence-electron chi connectivity index (χ4n) is 2.82. The third-order valence-corrected chi connectivity index (χ3v) is 5.20. The van der Waals surface area contributed by atoms with Crippen LogP contribution in [0, 0.1) is 0 Å². The van der Waals surface area contributed by atoms with Crippen molar-refractivity contribution in [1.29, 1.82) is 0 Å². The number of amides is 2. The molecule has 2 aromatic rings. The molecule has 0 atom stereocenters. The van der Waals surface area contributed by atoms with E-state index in [9.17, 15) is 4.79 Å². The monoisotopic (exact) mass is 330 g/mol. The Balaban J connectivity index is 1.62. The lowest BCUT2D eigenvalue weighted by Crippen LogP contribution is -2.38. The molecule has 0 saturated heterocycles. The molecule has 0 aliphatic carbocycles. The number of urea groups is 1. The van der Waals surface area contributed by atoms with Crippen molar-refractivity contribution in [3.8, 4) is 0 Å². The maximum absolute atomic E-state index is 12.4. The van der Waals surface area contributed by atoms with Crippen molar-refractivity contribution in [2.45, 2.75) is 26.8 Å². The quantitative estimate of drug-likeness (QED) is 0.932. The van der Waals surface area contributed by atoms with E-state index >= 15 is 0 Å². The summed E-state index contributed by atoms with van der Waals surface area (Å²) >= 11 is 1.78. The minimum Gasteiger partial charge on any atom is -0.357 e. The predicted molar refractivity (Wildman–Crippen MR) is 95.2 cm³/mol. The van der Waals surface area contributed by atoms with E-state index in [0.29, 0.717) is 6.54 Å². The Morgan fingerprint density at radius 2 is 2.17 bits per heavy atom. The van der Waals surface area contributed by atoms with Gasteiger partial charge in [-0.3, -0.25) is 0 Å². The summed E-state index contributed by atoms with van der Waals surface area (Å²) in [5.74, 6) is 0.939. The van der Waals surface area contributed by atoms with Crippen LogP contribution in [0.15, 0.2) is 29.8 Å². The zero-order chi connectivity index (χ0) is 16.2. The number of aromatic nitrogens is 1. The number of hydrogen-bond donors (Lipinski definition) is 1. The van der Waals surface area contributed by atoms with Gasteiger partial charge in [-0.2, -0.15) is 0 Å². The number of anilines is 2. The summed E-state index contributed by atoms with van der Waals surface area (Å²) < 4.78 is 0. The highest BCUT2D eigenvalue weighted by atomic mass is 32.1. The molecule has 1 N–H and O–H groups in total. The summed E-state index contributed by atoms with van der Waals surface area (Å²) in [5, 5.41) is 5.05. The lowest BCUT2D eigenvalue weighted by atomic mass is 10.1. The molecule has 0 spiro atoms. The maximum atomic E-state index is 12.4. The summed E-state index contributed by atoms with van der Waals surface area (Å²) in [5.41, 5.74) is 2.01. The van der Waals surface area contributed by atoms with Gasteiger partial charge in [0, 0.05) is 31.1 Å². The molecular formula is C17H22N4OS. The van der Waals surface area contributed by atoms with E-state index in [0.717, 1.165) is 37.6 Å². The largest absolute Gasteiger partial charge is 0.357 e. The Kier molecular flexibility index (Phi) is 4.81. The van der Waals surface area contributed by atoms with E-state index in [-0.39, 0.29) is 6.03 Å². The van der Waals surface area contributed by atoms with Crippen LogP contribution in [0.4, 0.5) is 16.3 Å². The number of nitrogens with one attached hydrogen (secondary N) is 1. The highest BCUT2D eigenvalue weighted by Crippen LogP contribution is 2.24. The summed E-state index contributed by atoms with van der Waals surface area (Å²) in [6.07, 6.45) is 2.67. The Labute approximate surface area is 140 Å². The van der Waals surface area contributed by atoms with Gasteiger partial charge in [-0.05, 0) is 49.4 Å². The molecule has 0 bridgehead atoms. The van der Waals surface area contributed by atoms with Gasteiger partial charge in [-0.25, -0.2) is 9.78 Å². The van der Waals surface area contributed by atoms with Gasteiger partial charge in [0.25, 0.3) is 0 Å². The molecule has 3 rings (SSSR count). The van der Waals surface area contributed by atoms with Crippen LogP contribution in [0.3, 0.4) is 0 Å². The second kappa shape index (κ2) is 7.00. The third-order valence-electron chi connectivity index (χ3n) is 4.18. The summed E-state index contributed by atoms with van der Waals surface area (Å²) in [7, 11) is 0. The normalized spacial score (nSPS) is 13.6. The van der Waals surface area contributed by atoms with E-state index in [2.05, 4.69) is 40.5 Å². The molecule has 1 aliphatic heterocycles. The van der Waals surface area contributed by atoms with Gasteiger partial charge in [-0.1, -0.05) is 0 Å². The third kappa shape index (κ3) is 3.47. The first-order valence-corrected chi connectivity index (χ1v) is 8.91. The highest BCUT2D eigenvalue weighted by Gasteiger charge is 2.21. The summed E-state index contributed by atoms with van der Waals surface area (Å²) in [6, 6.07) is 5.92. The Morgan fingerprint density at radius 3 is 2.87 bits per heavy atom. The van der Waals surface area contributed by atoms with Crippen LogP contribution < -0.4 is 10.2 Å². The Hall–Kier alpha value is -2.08. The predicted octanol–water partition coefficient (Wildman–Crippen LogP) is 3.58. The standard InChI is InChI=1S/C17H22N4OS/c1-3-20(4-2)16-6-5-14(11-18-16)19-17(22)21-9-7-15-13(12-21)8-10-23-15/h5-6,8,10-11H,3-4,7,9,12H2,1-2H3,(H,19,22). The van der Waals surface area contributed by atoms with Gasteiger partial charge in [0.15, 0.2) is 0 Å². The zero-order valence-electron chi connectivity index (χ0n) is 13.6. The fraction of sp³-hybridized carbons (Fsp3) is 0.412. The van der Waals surface area contributed by atoms with Crippen molar-refractivity contribution in [3.05, 3.63) is 40.2 Å². The van der Waals surface area contributed by atoms with Crippen LogP contribution in [-0.4, -0.2) is 35.5 Å². The molecule has 23 heavy (non-hydrogen) atoms. The average Bonchev–Trinajstić information content (AvgIpc) is 3.05. The van der Waals surface area contributed by atoms with Crippen molar-refractivity contribution in [2.24, 2.45) is 0 Å². The van der Waals surface area contributed by atoms with Crippen molar-refractivity contribution in [2.75, 3.05) is 29.9 Å². The van der Waals surface area contributed by atoms with Crippen LogP contribution in [0.1, 0.15) is 24.3 Å². The first kappa shape index (κ1) is 15.8. The Bertz CT molecular complexity index is 663. The number of carbonyl (C=O) groups excluding carboxylic acids is 1. The second-order valence-corrected chi connectivity index (χ2v) is 6.55. The minimum atomic E-state index is -0.0563. The van der Waals surface area contributed by atoms with E-state index in [4.69, 9.17) is 0 Å². The highest BCUT2D eigenvalue weighted by molar-refractivity contribution is 7.10. The minimum absolute atomic E-state index is 0.0563. The molecule has 6 heteroatoms. The average molecular weight is 330 g/mol. The second-order valence-electron chi connectivity index (χ2n) is 5.55. The van der Waals surface area contributed by atoms with E-state index < -0.39 is 0 Å². The molecular weight excluding hydrogens is 308 g/mol. The van der Waals surface area contributed by atoms with Gasteiger partial charge >= 0.3 is 6.03 Å². The van der Waals surface area contributed by atoms with Crippen LogP contribution in [0.5, 0.6) is 0 Å². The zero-order valence-corrected chi connectivity index (χ0v) is 14.4. The molecule has 0 unspecified atom stereocenters. The molecule has 0 fully saturated rings. The van der Waals surface area contributed by atoms with Gasteiger partial charge in [0.05, 0.1) is 11.9 Å². The number of fused-ring (bicyclic) bond motifs is 1. The van der Waals surface area contributed by atoms with Gasteiger partial charge < -0.3 is 15.1 Å². The molecule has 3 heterocycles. The van der Waals surface area contributed by atoms with Crippen molar-refractivity contribution in [3.63, 3.8) is 0 Å². The number of rotatable bonds is 4. The topological polar surface area (TPSA) is 48.5 Å². The van der Waals surface area contributed by atoms with Gasteiger partial charge in [0.1, 0.15) is 5.82 Å². The van der Waals surface area contributed by atoms with E-state index in [1.54, 1.807) is 17.5 Å². The van der Waals surface area contributed by atoms with Crippen LogP contribution in [0.2, 0.25) is 0 Å². The van der Waals surface area contributed by atoms with Gasteiger partial charge in [-0.15, -0.1) is 11.3 Å². The molecule has 2 amide bonds. The van der Waals surface area contributed by atoms with Gasteiger partial charge in [0.2, 0.25) is 0 Å². The van der Waals surface area contributed by atoms with Crippen LogP contribution >= 0.6 is 11.3 Å². The molecule has 122 valence electrons. The molecule has 0 saturated carbocycles. The first-order chi connectivity index (χ1) is 11.2. The number of hydrogen-bond acceptors (Lipinski definition) is 4. The fourth-order valence-corrected chi connectivity index (χ4v) is 3.71. The number of nitrogens with zero attached hydrogens (tertiary/aromatic N) is 3. The smallest absolute Gasteiger partial charge is 0.322 e. The van der Waals surface area contributed by atoms with Crippen LogP contribution in [-0.2, 0) is 13.0 Å². The molecule has 0 radical (unpaired) electrons. The lowest BCUT2D eigenvalue weighted by Gasteiger charge is -2.27. The molecule has 5 nitrogen and oxygen atoms in total. The molecule has 1 aliphatic rings. The number of thiophene rings is 1. The number of pyridine rings is 1. The molecule has 2 aromatic heterocycles. The molecule has 0 aromatic carbocycles. The van der Waals surface area contributed by atoms with Crippen molar-refractivity contribution >= 4 is 28.9 Å². The maximum Gasteiger partial charge on any atom is 0.322 e. The summed E-state index contributed by atoms with van der Waals surface area (Å²) in [4.78, 5) is 22.3. The number of carbonyl (C=O) groups is 1. The van der Waals surface area contributed by atoms with Crippen LogP contribution in [0.25, 0.3) is 0 Å².